The van der Waals surface area contributed by atoms with Crippen LogP contribution in [0.2, 0.25) is 0 Å². The van der Waals surface area contributed by atoms with Crippen LogP contribution < -0.4 is 0 Å². The van der Waals surface area contributed by atoms with Crippen molar-refractivity contribution in [3.63, 3.8) is 0 Å². The second kappa shape index (κ2) is 11.8. The second-order valence-electron chi connectivity index (χ2n) is 5.86. The molecule has 0 fully saturated rings. The molecule has 0 rings (SSSR count). The van der Waals surface area contributed by atoms with Crippen LogP contribution >= 0.6 is 12.4 Å². The fourth-order valence-electron chi connectivity index (χ4n) is 1.62. The molecule has 0 aliphatic rings. The van der Waals surface area contributed by atoms with Crippen molar-refractivity contribution in [1.82, 2.24) is 0 Å². The Labute approximate surface area is 119 Å². The van der Waals surface area contributed by atoms with Gasteiger partial charge in [0.25, 0.3) is 0 Å². The maximum Gasteiger partial charge on any atom is 0.311 e. The normalized spacial score (nSPS) is 10.9. The summed E-state index contributed by atoms with van der Waals surface area (Å²) in [7, 11) is 0. The predicted molar refractivity (Wildman–Crippen MR) is 80.3 cm³/mol. The Bertz CT molecular complexity index is 197. The van der Waals surface area contributed by atoms with E-state index in [2.05, 4.69) is 6.92 Å². The summed E-state index contributed by atoms with van der Waals surface area (Å²) < 4.78 is 5.21. The van der Waals surface area contributed by atoms with E-state index in [4.69, 9.17) is 4.74 Å². The van der Waals surface area contributed by atoms with Gasteiger partial charge in [0.15, 0.2) is 0 Å². The maximum atomic E-state index is 11.4. The number of halogens is 1. The van der Waals surface area contributed by atoms with Gasteiger partial charge in [0, 0.05) is 0 Å². The molecule has 0 spiro atoms. The van der Waals surface area contributed by atoms with E-state index in [1.54, 1.807) is 0 Å². The van der Waals surface area contributed by atoms with Crippen LogP contribution in [-0.4, -0.2) is 12.6 Å². The average Bonchev–Trinajstić information content (AvgIpc) is 2.25. The molecule has 0 saturated heterocycles. The van der Waals surface area contributed by atoms with Gasteiger partial charge in [-0.1, -0.05) is 51.9 Å². The molecule has 0 N–H and O–H groups in total. The van der Waals surface area contributed by atoms with E-state index < -0.39 is 0 Å². The standard InChI is InChI=1S/C15H30O2.ClH/c1-5-6-7-8-9-10-11-12-13-17-14(16)15(2,3)4;/h5-13H2,1-4H3;1H. The largest absolute Gasteiger partial charge is 0.465 e. The van der Waals surface area contributed by atoms with Crippen molar-refractivity contribution >= 4 is 18.4 Å². The third-order valence-electron chi connectivity index (χ3n) is 2.84. The zero-order chi connectivity index (χ0) is 13.1. The Balaban J connectivity index is 0. The molecule has 0 aliphatic heterocycles. The molecule has 0 radical (unpaired) electrons. The van der Waals surface area contributed by atoms with Gasteiger partial charge in [-0.05, 0) is 27.2 Å². The monoisotopic (exact) mass is 278 g/mol. The number of ether oxygens (including phenoxy) is 1. The summed E-state index contributed by atoms with van der Waals surface area (Å²) in [6.45, 7) is 8.50. The summed E-state index contributed by atoms with van der Waals surface area (Å²) in [6.07, 6.45) is 10.2. The molecule has 18 heavy (non-hydrogen) atoms. The van der Waals surface area contributed by atoms with E-state index >= 15 is 0 Å². The van der Waals surface area contributed by atoms with Crippen molar-refractivity contribution < 1.29 is 9.53 Å². The molecule has 0 amide bonds. The van der Waals surface area contributed by atoms with Crippen LogP contribution in [0.25, 0.3) is 0 Å². The first-order valence-electron chi connectivity index (χ1n) is 7.15. The number of unbranched alkanes of at least 4 members (excludes halogenated alkanes) is 7. The minimum Gasteiger partial charge on any atom is -0.465 e. The third kappa shape index (κ3) is 12.2. The molecular formula is C15H31ClO2. The molecule has 0 aliphatic carbocycles. The van der Waals surface area contributed by atoms with Crippen molar-refractivity contribution in [2.75, 3.05) is 6.61 Å². The first-order valence-corrected chi connectivity index (χ1v) is 7.15. The van der Waals surface area contributed by atoms with E-state index in [1.807, 2.05) is 20.8 Å². The van der Waals surface area contributed by atoms with Gasteiger partial charge in [-0.25, -0.2) is 0 Å². The fourth-order valence-corrected chi connectivity index (χ4v) is 1.62. The number of hydrogen-bond acceptors (Lipinski definition) is 2. The van der Waals surface area contributed by atoms with Gasteiger partial charge in [-0.3, -0.25) is 4.79 Å². The van der Waals surface area contributed by atoms with Crippen LogP contribution in [0.3, 0.4) is 0 Å². The van der Waals surface area contributed by atoms with Gasteiger partial charge in [-0.2, -0.15) is 0 Å². The number of carbonyl (C=O) groups is 1. The van der Waals surface area contributed by atoms with Crippen molar-refractivity contribution in [3.8, 4) is 0 Å². The minimum atomic E-state index is -0.361. The molecule has 0 unspecified atom stereocenters. The molecule has 0 heterocycles. The quantitative estimate of drug-likeness (QED) is 0.431. The number of rotatable bonds is 9. The maximum absolute atomic E-state index is 11.4. The third-order valence-corrected chi connectivity index (χ3v) is 2.84. The lowest BCUT2D eigenvalue weighted by molar-refractivity contribution is -0.153. The Morgan fingerprint density at radius 2 is 1.33 bits per heavy atom. The molecule has 0 aromatic carbocycles. The Morgan fingerprint density at radius 3 is 1.78 bits per heavy atom. The molecular weight excluding hydrogens is 248 g/mol. The zero-order valence-electron chi connectivity index (χ0n) is 12.6. The highest BCUT2D eigenvalue weighted by atomic mass is 35.5. The fraction of sp³-hybridized carbons (Fsp3) is 0.933. The number of hydrogen-bond donors (Lipinski definition) is 0. The lowest BCUT2D eigenvalue weighted by atomic mass is 9.97. The van der Waals surface area contributed by atoms with E-state index in [9.17, 15) is 4.79 Å². The number of esters is 1. The molecule has 0 aromatic rings. The van der Waals surface area contributed by atoms with Crippen LogP contribution in [-0.2, 0) is 9.53 Å². The van der Waals surface area contributed by atoms with Crippen molar-refractivity contribution in [3.05, 3.63) is 0 Å². The molecule has 0 saturated carbocycles. The van der Waals surface area contributed by atoms with Gasteiger partial charge in [0.2, 0.25) is 0 Å². The number of carbonyl (C=O) groups excluding carboxylic acids is 1. The van der Waals surface area contributed by atoms with Crippen LogP contribution in [0, 0.1) is 5.41 Å². The smallest absolute Gasteiger partial charge is 0.311 e. The Morgan fingerprint density at radius 1 is 0.889 bits per heavy atom. The molecule has 110 valence electrons. The van der Waals surface area contributed by atoms with Crippen LogP contribution in [0.5, 0.6) is 0 Å². The van der Waals surface area contributed by atoms with Crippen molar-refractivity contribution in [1.29, 1.82) is 0 Å². The topological polar surface area (TPSA) is 26.3 Å². The molecule has 3 heteroatoms. The van der Waals surface area contributed by atoms with Crippen molar-refractivity contribution in [2.24, 2.45) is 5.41 Å². The average molecular weight is 279 g/mol. The lowest BCUT2D eigenvalue weighted by Crippen LogP contribution is -2.23. The zero-order valence-corrected chi connectivity index (χ0v) is 13.4. The lowest BCUT2D eigenvalue weighted by Gasteiger charge is -2.16. The van der Waals surface area contributed by atoms with Crippen LogP contribution in [0.4, 0.5) is 0 Å². The van der Waals surface area contributed by atoms with Gasteiger partial charge >= 0.3 is 5.97 Å². The molecule has 0 aromatic heterocycles. The summed E-state index contributed by atoms with van der Waals surface area (Å²) in [5.41, 5.74) is -0.361. The summed E-state index contributed by atoms with van der Waals surface area (Å²) >= 11 is 0. The Hall–Kier alpha value is -0.240. The van der Waals surface area contributed by atoms with Gasteiger partial charge < -0.3 is 4.74 Å². The highest BCUT2D eigenvalue weighted by Gasteiger charge is 2.22. The SMILES string of the molecule is CCCCCCCCCCOC(=O)C(C)(C)C.Cl. The van der Waals surface area contributed by atoms with E-state index in [0.717, 1.165) is 6.42 Å². The van der Waals surface area contributed by atoms with E-state index in [-0.39, 0.29) is 23.8 Å². The molecule has 0 bridgehead atoms. The highest BCUT2D eigenvalue weighted by molar-refractivity contribution is 5.85. The van der Waals surface area contributed by atoms with Crippen molar-refractivity contribution in [2.45, 2.75) is 79.1 Å². The minimum absolute atomic E-state index is 0. The van der Waals surface area contributed by atoms with Crippen LogP contribution in [0.1, 0.15) is 79.1 Å². The van der Waals surface area contributed by atoms with Gasteiger partial charge in [0.1, 0.15) is 0 Å². The van der Waals surface area contributed by atoms with Gasteiger partial charge in [0.05, 0.1) is 12.0 Å². The predicted octanol–water partition coefficient (Wildman–Crippen LogP) is 5.14. The summed E-state index contributed by atoms with van der Waals surface area (Å²) in [4.78, 5) is 11.4. The van der Waals surface area contributed by atoms with E-state index in [0.29, 0.717) is 6.61 Å². The highest BCUT2D eigenvalue weighted by Crippen LogP contribution is 2.15. The van der Waals surface area contributed by atoms with Crippen LogP contribution in [0.15, 0.2) is 0 Å². The molecule has 0 atom stereocenters. The second-order valence-corrected chi connectivity index (χ2v) is 5.86. The molecule has 2 nitrogen and oxygen atoms in total. The summed E-state index contributed by atoms with van der Waals surface area (Å²) in [5, 5.41) is 0. The van der Waals surface area contributed by atoms with E-state index in [1.165, 1.54) is 44.9 Å². The van der Waals surface area contributed by atoms with Gasteiger partial charge in [-0.15, -0.1) is 12.4 Å². The first-order chi connectivity index (χ1) is 7.98. The summed E-state index contributed by atoms with van der Waals surface area (Å²) in [5.74, 6) is -0.0829. The first kappa shape index (κ1) is 20.1. The Kier molecular flexibility index (Phi) is 13.2. The summed E-state index contributed by atoms with van der Waals surface area (Å²) in [6, 6.07) is 0.